The summed E-state index contributed by atoms with van der Waals surface area (Å²) in [6.07, 6.45) is 0.672. The number of nitrogens with zero attached hydrogens (tertiary/aromatic N) is 2. The van der Waals surface area contributed by atoms with Crippen molar-refractivity contribution in [2.75, 3.05) is 40.4 Å². The molecule has 0 bridgehead atoms. The Kier molecular flexibility index (Phi) is 8.19. The number of amides is 1. The maximum atomic E-state index is 11.6. The van der Waals surface area contributed by atoms with E-state index in [2.05, 4.69) is 15.6 Å². The minimum Gasteiger partial charge on any atom is -0.497 e. The van der Waals surface area contributed by atoms with Gasteiger partial charge in [0.25, 0.3) is 0 Å². The van der Waals surface area contributed by atoms with Gasteiger partial charge in [-0.15, -0.1) is 0 Å². The lowest BCUT2D eigenvalue weighted by Gasteiger charge is -2.32. The number of hydrogen-bond donors (Lipinski definition) is 3. The summed E-state index contributed by atoms with van der Waals surface area (Å²) in [4.78, 5) is 17.8. The van der Waals surface area contributed by atoms with Crippen molar-refractivity contribution in [1.29, 1.82) is 0 Å². The molecule has 1 unspecified atom stereocenters. The molecule has 1 aromatic rings. The van der Waals surface area contributed by atoms with Crippen LogP contribution in [-0.2, 0) is 4.74 Å². The van der Waals surface area contributed by atoms with Crippen LogP contribution in [0.3, 0.4) is 0 Å². The molecule has 0 saturated carbocycles. The number of carbonyl (C=O) groups is 1. The first-order valence-electron chi connectivity index (χ1n) is 9.27. The van der Waals surface area contributed by atoms with E-state index in [0.29, 0.717) is 19.0 Å². The average molecular weight is 378 g/mol. The summed E-state index contributed by atoms with van der Waals surface area (Å²) in [5.74, 6) is 1.42. The maximum absolute atomic E-state index is 11.6. The molecule has 2 rings (SSSR count). The molecule has 27 heavy (non-hydrogen) atoms. The van der Waals surface area contributed by atoms with Gasteiger partial charge in [0.05, 0.1) is 26.9 Å². The molecule has 1 saturated heterocycles. The molecule has 8 heteroatoms. The number of piperidine rings is 1. The number of nitrogens with one attached hydrogen (secondary N) is 2. The Morgan fingerprint density at radius 2 is 1.96 bits per heavy atom. The van der Waals surface area contributed by atoms with Gasteiger partial charge in [0, 0.05) is 25.7 Å². The van der Waals surface area contributed by atoms with E-state index in [1.807, 2.05) is 31.2 Å². The smallest absolute Gasteiger partial charge is 0.409 e. The first-order valence-corrected chi connectivity index (χ1v) is 9.27. The molecule has 1 amide bonds. The number of benzene rings is 1. The largest absolute Gasteiger partial charge is 0.497 e. The standard InChI is InChI=1S/C19H30N4O4/c1-4-20-18(22-15-9-11-23(12-10-15)19(25)27-3)21-13-17(24)14-5-7-16(26-2)8-6-14/h5-8,15,17,24H,4,9-13H2,1-3H3,(H2,20,21,22). The molecular formula is C19H30N4O4. The molecule has 0 aromatic heterocycles. The van der Waals surface area contributed by atoms with Gasteiger partial charge in [-0.3, -0.25) is 4.99 Å². The second kappa shape index (κ2) is 10.6. The van der Waals surface area contributed by atoms with Gasteiger partial charge in [-0.2, -0.15) is 0 Å². The van der Waals surface area contributed by atoms with E-state index in [9.17, 15) is 9.90 Å². The zero-order chi connectivity index (χ0) is 19.6. The molecule has 1 aliphatic rings. The van der Waals surface area contributed by atoms with E-state index in [1.54, 1.807) is 12.0 Å². The maximum Gasteiger partial charge on any atom is 0.409 e. The van der Waals surface area contributed by atoms with Gasteiger partial charge in [0.15, 0.2) is 5.96 Å². The van der Waals surface area contributed by atoms with Crippen molar-refractivity contribution in [2.24, 2.45) is 4.99 Å². The van der Waals surface area contributed by atoms with Gasteiger partial charge < -0.3 is 30.1 Å². The number of carbonyl (C=O) groups excluding carboxylic acids is 1. The number of methoxy groups -OCH3 is 2. The molecule has 150 valence electrons. The minimum absolute atomic E-state index is 0.224. The molecule has 1 heterocycles. The van der Waals surface area contributed by atoms with Crippen LogP contribution in [0.5, 0.6) is 5.75 Å². The molecule has 1 atom stereocenters. The highest BCUT2D eigenvalue weighted by Crippen LogP contribution is 2.18. The third-order valence-electron chi connectivity index (χ3n) is 4.54. The number of rotatable bonds is 6. The van der Waals surface area contributed by atoms with E-state index in [4.69, 9.17) is 9.47 Å². The predicted molar refractivity (Wildman–Crippen MR) is 104 cm³/mol. The fourth-order valence-electron chi connectivity index (χ4n) is 2.96. The van der Waals surface area contributed by atoms with Crippen molar-refractivity contribution in [1.82, 2.24) is 15.5 Å². The quantitative estimate of drug-likeness (QED) is 0.513. The van der Waals surface area contributed by atoms with E-state index in [-0.39, 0.29) is 18.7 Å². The first-order chi connectivity index (χ1) is 13.1. The fraction of sp³-hybridized carbons (Fsp3) is 0.579. The number of hydrogen-bond acceptors (Lipinski definition) is 5. The minimum atomic E-state index is -0.687. The van der Waals surface area contributed by atoms with Gasteiger partial charge in [-0.1, -0.05) is 12.1 Å². The summed E-state index contributed by atoms with van der Waals surface area (Å²) in [6.45, 7) is 4.28. The SMILES string of the molecule is CCNC(=NCC(O)c1ccc(OC)cc1)NC1CCN(C(=O)OC)CC1. The topological polar surface area (TPSA) is 95.4 Å². The normalized spacial score (nSPS) is 16.6. The molecular weight excluding hydrogens is 348 g/mol. The third kappa shape index (κ3) is 6.32. The Bertz CT molecular complexity index is 613. The molecule has 3 N–H and O–H groups in total. The summed E-state index contributed by atoms with van der Waals surface area (Å²) in [5, 5.41) is 17.0. The van der Waals surface area contributed by atoms with Crippen LogP contribution in [0.15, 0.2) is 29.3 Å². The van der Waals surface area contributed by atoms with Crippen LogP contribution >= 0.6 is 0 Å². The van der Waals surface area contributed by atoms with Crippen molar-refractivity contribution < 1.29 is 19.4 Å². The molecule has 0 spiro atoms. The Morgan fingerprint density at radius 3 is 2.52 bits per heavy atom. The Hall–Kier alpha value is -2.48. The van der Waals surface area contributed by atoms with Crippen LogP contribution in [0.1, 0.15) is 31.4 Å². The lowest BCUT2D eigenvalue weighted by Crippen LogP contribution is -2.49. The number of aliphatic hydroxyl groups excluding tert-OH is 1. The Morgan fingerprint density at radius 1 is 1.30 bits per heavy atom. The van der Waals surface area contributed by atoms with Gasteiger partial charge in [-0.05, 0) is 37.5 Å². The Balaban J connectivity index is 1.89. The zero-order valence-electron chi connectivity index (χ0n) is 16.3. The van der Waals surface area contributed by atoms with Crippen LogP contribution < -0.4 is 15.4 Å². The number of guanidine groups is 1. The predicted octanol–water partition coefficient (Wildman–Crippen LogP) is 1.51. The average Bonchev–Trinajstić information content (AvgIpc) is 2.72. The number of aliphatic hydroxyl groups is 1. The van der Waals surface area contributed by atoms with Crippen LogP contribution in [0.4, 0.5) is 4.79 Å². The molecule has 1 aromatic carbocycles. The summed E-state index contributed by atoms with van der Waals surface area (Å²) < 4.78 is 9.89. The number of aliphatic imine (C=N–C) groups is 1. The summed E-state index contributed by atoms with van der Waals surface area (Å²) in [6, 6.07) is 7.53. The van der Waals surface area contributed by atoms with E-state index >= 15 is 0 Å². The van der Waals surface area contributed by atoms with Crippen molar-refractivity contribution in [3.8, 4) is 5.75 Å². The fourth-order valence-corrected chi connectivity index (χ4v) is 2.96. The van der Waals surface area contributed by atoms with Crippen LogP contribution in [0.2, 0.25) is 0 Å². The summed E-state index contributed by atoms with van der Waals surface area (Å²) in [5.41, 5.74) is 0.793. The monoisotopic (exact) mass is 378 g/mol. The summed E-state index contributed by atoms with van der Waals surface area (Å²) >= 11 is 0. The highest BCUT2D eigenvalue weighted by Gasteiger charge is 2.23. The second-order valence-electron chi connectivity index (χ2n) is 6.38. The van der Waals surface area contributed by atoms with Gasteiger partial charge in [-0.25, -0.2) is 4.79 Å². The van der Waals surface area contributed by atoms with Gasteiger partial charge in [0.2, 0.25) is 0 Å². The van der Waals surface area contributed by atoms with Crippen molar-refractivity contribution in [3.63, 3.8) is 0 Å². The number of likely N-dealkylation sites (tertiary alicyclic amines) is 1. The van der Waals surface area contributed by atoms with E-state index in [1.165, 1.54) is 7.11 Å². The number of ether oxygens (including phenoxy) is 2. The van der Waals surface area contributed by atoms with Crippen LogP contribution in [0.25, 0.3) is 0 Å². The van der Waals surface area contributed by atoms with Crippen LogP contribution in [-0.4, -0.2) is 68.5 Å². The second-order valence-corrected chi connectivity index (χ2v) is 6.38. The molecule has 0 aliphatic carbocycles. The van der Waals surface area contributed by atoms with Crippen LogP contribution in [0, 0.1) is 0 Å². The molecule has 1 aliphatic heterocycles. The van der Waals surface area contributed by atoms with E-state index in [0.717, 1.165) is 30.7 Å². The lowest BCUT2D eigenvalue weighted by molar-refractivity contribution is 0.111. The molecule has 1 fully saturated rings. The van der Waals surface area contributed by atoms with Crippen molar-refractivity contribution >= 4 is 12.1 Å². The Labute approximate surface area is 160 Å². The van der Waals surface area contributed by atoms with Crippen molar-refractivity contribution in [2.45, 2.75) is 31.9 Å². The summed E-state index contributed by atoms with van der Waals surface area (Å²) in [7, 11) is 3.01. The third-order valence-corrected chi connectivity index (χ3v) is 4.54. The van der Waals surface area contributed by atoms with Gasteiger partial charge >= 0.3 is 6.09 Å². The molecule has 8 nitrogen and oxygen atoms in total. The lowest BCUT2D eigenvalue weighted by atomic mass is 10.1. The molecule has 0 radical (unpaired) electrons. The zero-order valence-corrected chi connectivity index (χ0v) is 16.3. The first kappa shape index (κ1) is 20.8. The van der Waals surface area contributed by atoms with Gasteiger partial charge in [0.1, 0.15) is 5.75 Å². The van der Waals surface area contributed by atoms with Crippen molar-refractivity contribution in [3.05, 3.63) is 29.8 Å². The highest BCUT2D eigenvalue weighted by molar-refractivity contribution is 5.80. The highest BCUT2D eigenvalue weighted by atomic mass is 16.5. The van der Waals surface area contributed by atoms with E-state index < -0.39 is 6.10 Å².